The van der Waals surface area contributed by atoms with Crippen LogP contribution in [0.15, 0.2) is 164 Å². The Morgan fingerprint density at radius 3 is 1.92 bits per heavy atom. The second kappa shape index (κ2) is 21.8. The van der Waals surface area contributed by atoms with Crippen LogP contribution in [-0.4, -0.2) is 26.7 Å². The molecule has 8 aromatic rings. The topological polar surface area (TPSA) is 66.0 Å². The number of ether oxygens (including phenoxy) is 4. The molecular weight excluding hydrogens is 947 g/mol. The normalized spacial score (nSPS) is 18.4. The Bertz CT molecular complexity index is 3420. The first-order chi connectivity index (χ1) is 37.5. The van der Waals surface area contributed by atoms with Crippen molar-refractivity contribution in [3.8, 4) is 56.4 Å². The van der Waals surface area contributed by atoms with Crippen LogP contribution in [0.25, 0.3) is 50.2 Å². The van der Waals surface area contributed by atoms with Gasteiger partial charge in [0.05, 0.1) is 20.8 Å². The van der Waals surface area contributed by atoms with Crippen LogP contribution >= 0.6 is 0 Å². The van der Waals surface area contributed by atoms with Crippen molar-refractivity contribution in [2.24, 2.45) is 11.8 Å². The summed E-state index contributed by atoms with van der Waals surface area (Å²) in [6, 6.07) is 55.1. The van der Waals surface area contributed by atoms with E-state index < -0.39 is 5.60 Å². The standard InChI is InChI=1S/C71H73NO5/c1-8-10-11-12-47-13-15-48(16-14-47)49-17-19-50(20-18-49)51-21-23-53(24-22-51)69(73)72-57-32-25-52(26-33-57)54-27-40-65-64(43-54)66-61-39-38-60(75-7)44-63(61)68-62(67(66)70(65,4)5)41-42-71(77-68,55-28-34-58(74-6)35-29-55)56-30-36-59(37-31-56)76-45-46(3)9-2/h17-44,46-48H,8-16,45H2,1-7H3,(H,72,73)/t46-,47?,48?,71?/m0/s1. The Morgan fingerprint density at radius 1 is 0.662 bits per heavy atom. The van der Waals surface area contributed by atoms with E-state index in [4.69, 9.17) is 18.9 Å². The number of anilines is 1. The lowest BCUT2D eigenvalue weighted by Crippen LogP contribution is -2.35. The van der Waals surface area contributed by atoms with E-state index in [1.54, 1.807) is 14.2 Å². The average molecular weight is 1020 g/mol. The molecule has 6 heteroatoms. The lowest BCUT2D eigenvalue weighted by molar-refractivity contribution is 0.102. The summed E-state index contributed by atoms with van der Waals surface area (Å²) in [5.41, 5.74) is 13.9. The van der Waals surface area contributed by atoms with Crippen molar-refractivity contribution >= 4 is 28.4 Å². The van der Waals surface area contributed by atoms with Gasteiger partial charge in [0, 0.05) is 38.7 Å². The quantitative estimate of drug-likeness (QED) is 0.0921. The van der Waals surface area contributed by atoms with E-state index in [-0.39, 0.29) is 11.3 Å². The van der Waals surface area contributed by atoms with E-state index in [1.165, 1.54) is 84.7 Å². The summed E-state index contributed by atoms with van der Waals surface area (Å²) in [6.07, 6.45) is 16.4. The van der Waals surface area contributed by atoms with Gasteiger partial charge in [-0.3, -0.25) is 4.79 Å². The van der Waals surface area contributed by atoms with Crippen molar-refractivity contribution in [2.75, 3.05) is 26.1 Å². The van der Waals surface area contributed by atoms with Crippen molar-refractivity contribution in [2.45, 2.75) is 109 Å². The van der Waals surface area contributed by atoms with Crippen molar-refractivity contribution in [3.05, 3.63) is 203 Å². The molecule has 2 aliphatic carbocycles. The fourth-order valence-corrected chi connectivity index (χ4v) is 12.4. The molecule has 1 N–H and O–H groups in total. The van der Waals surface area contributed by atoms with Crippen LogP contribution < -0.4 is 24.3 Å². The van der Waals surface area contributed by atoms with Crippen LogP contribution in [-0.2, 0) is 11.0 Å². The molecule has 0 spiro atoms. The lowest BCUT2D eigenvalue weighted by atomic mass is 9.76. The maximum Gasteiger partial charge on any atom is 0.255 e. The second-order valence-corrected chi connectivity index (χ2v) is 22.5. The average Bonchev–Trinajstić information content (AvgIpc) is 3.95. The summed E-state index contributed by atoms with van der Waals surface area (Å²) >= 11 is 0. The minimum atomic E-state index is -0.961. The zero-order chi connectivity index (χ0) is 53.3. The van der Waals surface area contributed by atoms with Gasteiger partial charge in [0.15, 0.2) is 5.60 Å². The van der Waals surface area contributed by atoms with E-state index in [0.29, 0.717) is 24.0 Å². The van der Waals surface area contributed by atoms with E-state index in [2.05, 4.69) is 173 Å². The molecule has 392 valence electrons. The number of benzene rings is 8. The molecule has 1 amide bonds. The van der Waals surface area contributed by atoms with Crippen LogP contribution in [0, 0.1) is 11.8 Å². The third kappa shape index (κ3) is 10.0. The summed E-state index contributed by atoms with van der Waals surface area (Å²) < 4.78 is 25.4. The number of hydrogen-bond acceptors (Lipinski definition) is 5. The molecule has 1 saturated carbocycles. The molecule has 2 atom stereocenters. The highest BCUT2D eigenvalue weighted by Gasteiger charge is 2.44. The number of fused-ring (bicyclic) bond motifs is 8. The Morgan fingerprint density at radius 2 is 1.27 bits per heavy atom. The van der Waals surface area contributed by atoms with Gasteiger partial charge in [-0.25, -0.2) is 0 Å². The summed E-state index contributed by atoms with van der Waals surface area (Å²) in [4.78, 5) is 13.6. The molecule has 77 heavy (non-hydrogen) atoms. The molecule has 8 aromatic carbocycles. The van der Waals surface area contributed by atoms with Gasteiger partial charge in [0.1, 0.15) is 23.0 Å². The van der Waals surface area contributed by atoms with Crippen LogP contribution in [0.3, 0.4) is 0 Å². The minimum absolute atomic E-state index is 0.132. The number of rotatable bonds is 17. The second-order valence-electron chi connectivity index (χ2n) is 22.5. The van der Waals surface area contributed by atoms with Gasteiger partial charge in [-0.2, -0.15) is 0 Å². The molecule has 0 saturated heterocycles. The first kappa shape index (κ1) is 51.5. The number of nitrogens with one attached hydrogen (secondary N) is 1. The van der Waals surface area contributed by atoms with Gasteiger partial charge in [-0.15, -0.1) is 0 Å². The zero-order valence-corrected chi connectivity index (χ0v) is 46.0. The fraction of sp³-hybridized carbons (Fsp3) is 0.310. The fourth-order valence-electron chi connectivity index (χ4n) is 12.4. The lowest BCUT2D eigenvalue weighted by Gasteiger charge is -2.38. The highest BCUT2D eigenvalue weighted by molar-refractivity contribution is 6.09. The van der Waals surface area contributed by atoms with Gasteiger partial charge < -0.3 is 24.3 Å². The number of methoxy groups -OCH3 is 2. The number of amides is 1. The van der Waals surface area contributed by atoms with Gasteiger partial charge in [-0.1, -0.05) is 158 Å². The van der Waals surface area contributed by atoms with Gasteiger partial charge >= 0.3 is 0 Å². The Balaban J connectivity index is 0.847. The van der Waals surface area contributed by atoms with E-state index in [0.717, 1.165) is 85.2 Å². The molecule has 1 heterocycles. The minimum Gasteiger partial charge on any atom is -0.497 e. The Labute approximate surface area is 456 Å². The molecule has 1 unspecified atom stereocenters. The SMILES string of the molecule is CCCCCC1CCC(c2ccc(-c3ccc(C(=O)Nc4ccc(-c5ccc6c(c5)-c5c(c7c(c8cc(OC)ccc58)OC(c5ccc(OC)cc5)(c5ccc(OC[C@@H](C)CC)cc5)C=C7)C6(C)C)cc4)cc3)cc2)CC1. The monoisotopic (exact) mass is 1020 g/mol. The molecule has 0 radical (unpaired) electrons. The molecule has 6 nitrogen and oxygen atoms in total. The number of unbranched alkanes of at least 4 members (excludes halogenated alkanes) is 2. The summed E-state index contributed by atoms with van der Waals surface area (Å²) in [5, 5.41) is 5.22. The molecule has 1 aliphatic heterocycles. The molecule has 1 fully saturated rings. The van der Waals surface area contributed by atoms with Crippen LogP contribution in [0.5, 0.6) is 23.0 Å². The highest BCUT2D eigenvalue weighted by Crippen LogP contribution is 2.59. The summed E-state index contributed by atoms with van der Waals surface area (Å²) in [5.74, 6) is 5.10. The smallest absolute Gasteiger partial charge is 0.255 e. The summed E-state index contributed by atoms with van der Waals surface area (Å²) in [7, 11) is 3.41. The van der Waals surface area contributed by atoms with Crippen LogP contribution in [0.1, 0.15) is 142 Å². The predicted molar refractivity (Wildman–Crippen MR) is 317 cm³/mol. The van der Waals surface area contributed by atoms with Crippen LogP contribution in [0.2, 0.25) is 0 Å². The third-order valence-electron chi connectivity index (χ3n) is 17.3. The van der Waals surface area contributed by atoms with E-state index in [9.17, 15) is 4.79 Å². The van der Waals surface area contributed by atoms with E-state index in [1.807, 2.05) is 36.4 Å². The maximum absolute atomic E-state index is 13.6. The van der Waals surface area contributed by atoms with Gasteiger partial charge in [0.2, 0.25) is 0 Å². The molecule has 0 aromatic heterocycles. The Kier molecular flexibility index (Phi) is 14.6. The molecule has 3 aliphatic rings. The van der Waals surface area contributed by atoms with Crippen molar-refractivity contribution in [3.63, 3.8) is 0 Å². The third-order valence-corrected chi connectivity index (χ3v) is 17.3. The van der Waals surface area contributed by atoms with Crippen molar-refractivity contribution in [1.29, 1.82) is 0 Å². The first-order valence-electron chi connectivity index (χ1n) is 28.2. The van der Waals surface area contributed by atoms with Crippen molar-refractivity contribution in [1.82, 2.24) is 0 Å². The Hall–Kier alpha value is -7.57. The zero-order valence-electron chi connectivity index (χ0n) is 46.0. The largest absolute Gasteiger partial charge is 0.497 e. The molecule has 11 rings (SSSR count). The summed E-state index contributed by atoms with van der Waals surface area (Å²) in [6.45, 7) is 12.0. The highest BCUT2D eigenvalue weighted by atomic mass is 16.5. The van der Waals surface area contributed by atoms with Gasteiger partial charge in [0.25, 0.3) is 5.91 Å². The number of carbonyl (C=O) groups excluding carboxylic acids is 1. The van der Waals surface area contributed by atoms with Gasteiger partial charge in [-0.05, 0) is 178 Å². The predicted octanol–water partition coefficient (Wildman–Crippen LogP) is 18.4. The maximum atomic E-state index is 13.6. The number of hydrogen-bond donors (Lipinski definition) is 1. The molecular formula is C71H73NO5. The van der Waals surface area contributed by atoms with E-state index >= 15 is 0 Å². The van der Waals surface area contributed by atoms with Crippen LogP contribution in [0.4, 0.5) is 5.69 Å². The first-order valence-corrected chi connectivity index (χ1v) is 28.2. The van der Waals surface area contributed by atoms with Crippen molar-refractivity contribution < 1.29 is 23.7 Å². The molecule has 0 bridgehead atoms. The number of carbonyl (C=O) groups is 1.